The maximum absolute atomic E-state index is 13.6. The molecule has 1 aromatic carbocycles. The molecule has 1 N–H and O–H groups in total. The fourth-order valence-corrected chi connectivity index (χ4v) is 5.14. The van der Waals surface area contributed by atoms with Gasteiger partial charge in [-0.25, -0.2) is 0 Å². The molecule has 0 saturated carbocycles. The highest BCUT2D eigenvalue weighted by Gasteiger charge is 2.33. The highest BCUT2D eigenvalue weighted by molar-refractivity contribution is 6.17. The molecule has 0 bridgehead atoms. The number of aliphatic imine (C=N–C) groups is 1. The van der Waals surface area contributed by atoms with Crippen LogP contribution in [0.2, 0.25) is 0 Å². The number of benzene rings is 1. The number of rotatable bonds is 7. The van der Waals surface area contributed by atoms with Crippen LogP contribution in [0.1, 0.15) is 48.4 Å². The standard InChI is InChI=1S/C29H31N5O5/c1-19-15-20-16-21(9-10-24(20)39-19)31-28(22(17-30)27(36)25-8-6-14-38-25)32-23-7-2-3-13-34(29(23)37)18-26(35)33-11-4-5-12-33/h6,8-10,14-16,22-23H,2-5,7,11-13,18H2,1H3,(H,31,32)/t22?,23-/m0/s1. The second-order valence-corrected chi connectivity index (χ2v) is 10.0. The Kier molecular flexibility index (Phi) is 7.77. The number of amidine groups is 1. The lowest BCUT2D eigenvalue weighted by Gasteiger charge is -2.25. The van der Waals surface area contributed by atoms with Crippen LogP contribution < -0.4 is 5.32 Å². The number of fused-ring (bicyclic) bond motifs is 1. The second kappa shape index (κ2) is 11.6. The van der Waals surface area contributed by atoms with Gasteiger partial charge in [-0.2, -0.15) is 5.26 Å². The number of nitriles is 1. The lowest BCUT2D eigenvalue weighted by molar-refractivity contribution is -0.140. The number of amides is 2. The van der Waals surface area contributed by atoms with E-state index in [0.717, 1.165) is 49.9 Å². The first kappa shape index (κ1) is 26.2. The van der Waals surface area contributed by atoms with Crippen molar-refractivity contribution in [2.75, 3.05) is 31.5 Å². The third-order valence-corrected chi connectivity index (χ3v) is 7.17. The number of Topliss-reactive ketones (excluding diaryl/α,β-unsaturated/α-hetero) is 1. The van der Waals surface area contributed by atoms with E-state index in [9.17, 15) is 19.6 Å². The summed E-state index contributed by atoms with van der Waals surface area (Å²) in [5.41, 5.74) is 1.30. The number of carbonyl (C=O) groups excluding carboxylic acids is 3. The van der Waals surface area contributed by atoms with Crippen molar-refractivity contribution in [3.8, 4) is 6.07 Å². The third-order valence-electron chi connectivity index (χ3n) is 7.17. The Bertz CT molecular complexity index is 1430. The van der Waals surface area contributed by atoms with Crippen molar-refractivity contribution in [1.29, 1.82) is 5.26 Å². The largest absolute Gasteiger partial charge is 0.461 e. The van der Waals surface area contributed by atoms with Gasteiger partial charge in [0, 0.05) is 30.7 Å². The van der Waals surface area contributed by atoms with Gasteiger partial charge in [0.2, 0.25) is 17.6 Å². The van der Waals surface area contributed by atoms with Gasteiger partial charge in [0.15, 0.2) is 11.7 Å². The molecule has 2 aliphatic heterocycles. The summed E-state index contributed by atoms with van der Waals surface area (Å²) in [5.74, 6) is -1.37. The van der Waals surface area contributed by atoms with E-state index in [1.807, 2.05) is 25.1 Å². The molecule has 2 saturated heterocycles. The minimum absolute atomic E-state index is 0.0110. The zero-order valence-corrected chi connectivity index (χ0v) is 21.9. The van der Waals surface area contributed by atoms with Gasteiger partial charge < -0.3 is 24.0 Å². The van der Waals surface area contributed by atoms with Crippen molar-refractivity contribution < 1.29 is 23.2 Å². The van der Waals surface area contributed by atoms with Crippen molar-refractivity contribution in [3.05, 3.63) is 54.2 Å². The summed E-state index contributed by atoms with van der Waals surface area (Å²) in [6.07, 6.45) is 5.25. The topological polar surface area (TPSA) is 132 Å². The molecule has 39 heavy (non-hydrogen) atoms. The SMILES string of the molecule is Cc1cc2cc(NC(=N[C@H]3CCCCN(CC(=O)N4CCCC4)C3=O)C(C#N)C(=O)c3ccco3)ccc2o1. The zero-order valence-electron chi connectivity index (χ0n) is 21.9. The molecular weight excluding hydrogens is 498 g/mol. The first-order valence-electron chi connectivity index (χ1n) is 13.3. The van der Waals surface area contributed by atoms with Crippen LogP contribution in [0, 0.1) is 24.2 Å². The van der Waals surface area contributed by atoms with E-state index in [4.69, 9.17) is 13.8 Å². The monoisotopic (exact) mass is 529 g/mol. The Hall–Kier alpha value is -4.39. The number of hydrogen-bond acceptors (Lipinski definition) is 7. The number of carbonyl (C=O) groups is 3. The van der Waals surface area contributed by atoms with Crippen molar-refractivity contribution in [1.82, 2.24) is 9.80 Å². The van der Waals surface area contributed by atoms with Crippen molar-refractivity contribution >= 4 is 40.1 Å². The summed E-state index contributed by atoms with van der Waals surface area (Å²) in [6.45, 7) is 3.77. The number of nitrogens with one attached hydrogen (secondary N) is 1. The van der Waals surface area contributed by atoms with Gasteiger partial charge in [-0.1, -0.05) is 0 Å². The molecule has 0 aliphatic carbocycles. The van der Waals surface area contributed by atoms with Crippen LogP contribution >= 0.6 is 0 Å². The molecule has 4 heterocycles. The van der Waals surface area contributed by atoms with E-state index in [2.05, 4.69) is 5.32 Å². The summed E-state index contributed by atoms with van der Waals surface area (Å²) in [6, 6.07) is 11.6. The minimum atomic E-state index is -1.33. The van der Waals surface area contributed by atoms with Crippen LogP contribution in [0.5, 0.6) is 0 Å². The van der Waals surface area contributed by atoms with E-state index >= 15 is 0 Å². The van der Waals surface area contributed by atoms with E-state index < -0.39 is 17.7 Å². The Morgan fingerprint density at radius 2 is 1.95 bits per heavy atom. The molecule has 202 valence electrons. The van der Waals surface area contributed by atoms with Gasteiger partial charge in [0.1, 0.15) is 23.2 Å². The molecule has 1 unspecified atom stereocenters. The van der Waals surface area contributed by atoms with Crippen LogP contribution in [0.4, 0.5) is 5.69 Å². The summed E-state index contributed by atoms with van der Waals surface area (Å²) in [7, 11) is 0. The van der Waals surface area contributed by atoms with Crippen LogP contribution in [0.25, 0.3) is 11.0 Å². The van der Waals surface area contributed by atoms with Crippen molar-refractivity contribution in [2.45, 2.75) is 45.1 Å². The summed E-state index contributed by atoms with van der Waals surface area (Å²) in [5, 5.41) is 14.1. The van der Waals surface area contributed by atoms with Gasteiger partial charge in [-0.15, -0.1) is 0 Å². The highest BCUT2D eigenvalue weighted by atomic mass is 16.3. The molecule has 3 aromatic rings. The quantitative estimate of drug-likeness (QED) is 0.276. The van der Waals surface area contributed by atoms with E-state index in [1.165, 1.54) is 12.3 Å². The third kappa shape index (κ3) is 5.87. The Morgan fingerprint density at radius 3 is 2.69 bits per heavy atom. The average Bonchev–Trinajstić information content (AvgIpc) is 3.69. The molecule has 2 fully saturated rings. The average molecular weight is 530 g/mol. The molecule has 2 aliphatic rings. The maximum Gasteiger partial charge on any atom is 0.247 e. The molecule has 2 amide bonds. The van der Waals surface area contributed by atoms with Crippen LogP contribution in [0.3, 0.4) is 0 Å². The van der Waals surface area contributed by atoms with Crippen LogP contribution in [-0.2, 0) is 9.59 Å². The fourth-order valence-electron chi connectivity index (χ4n) is 5.14. The van der Waals surface area contributed by atoms with E-state index in [1.54, 1.807) is 28.0 Å². The number of ketones is 1. The molecule has 2 atom stereocenters. The Morgan fingerprint density at radius 1 is 1.15 bits per heavy atom. The van der Waals surface area contributed by atoms with Crippen LogP contribution in [-0.4, -0.2) is 65.5 Å². The Balaban J connectivity index is 1.45. The van der Waals surface area contributed by atoms with Crippen molar-refractivity contribution in [3.63, 3.8) is 0 Å². The number of likely N-dealkylation sites (tertiary alicyclic amines) is 2. The predicted molar refractivity (Wildman–Crippen MR) is 144 cm³/mol. The fraction of sp³-hybridized carbons (Fsp3) is 0.414. The van der Waals surface area contributed by atoms with Gasteiger partial charge in [0.05, 0.1) is 18.9 Å². The van der Waals surface area contributed by atoms with Gasteiger partial charge in [-0.05, 0) is 75.4 Å². The molecule has 10 heteroatoms. The zero-order chi connectivity index (χ0) is 27.4. The number of anilines is 1. The maximum atomic E-state index is 13.6. The first-order chi connectivity index (χ1) is 18.9. The first-order valence-corrected chi connectivity index (χ1v) is 13.3. The summed E-state index contributed by atoms with van der Waals surface area (Å²) >= 11 is 0. The number of furan rings is 2. The normalized spacial score (nSPS) is 19.1. The van der Waals surface area contributed by atoms with E-state index in [-0.39, 0.29) is 30.0 Å². The predicted octanol–water partition coefficient (Wildman–Crippen LogP) is 4.17. The second-order valence-electron chi connectivity index (χ2n) is 10.0. The summed E-state index contributed by atoms with van der Waals surface area (Å²) < 4.78 is 10.9. The molecule has 2 aromatic heterocycles. The molecule has 10 nitrogen and oxygen atoms in total. The molecule has 0 spiro atoms. The van der Waals surface area contributed by atoms with Gasteiger partial charge in [-0.3, -0.25) is 19.4 Å². The number of aryl methyl sites for hydroxylation is 1. The van der Waals surface area contributed by atoms with Gasteiger partial charge >= 0.3 is 0 Å². The summed E-state index contributed by atoms with van der Waals surface area (Å²) in [4.78, 5) is 47.7. The Labute approximate surface area is 226 Å². The lowest BCUT2D eigenvalue weighted by atomic mass is 10.0. The minimum Gasteiger partial charge on any atom is -0.461 e. The number of nitrogens with zero attached hydrogens (tertiary/aromatic N) is 4. The van der Waals surface area contributed by atoms with E-state index in [0.29, 0.717) is 24.2 Å². The van der Waals surface area contributed by atoms with Crippen molar-refractivity contribution in [2.24, 2.45) is 10.9 Å². The molecular formula is C29H31N5O5. The molecule has 5 rings (SSSR count). The highest BCUT2D eigenvalue weighted by Crippen LogP contribution is 2.25. The smallest absolute Gasteiger partial charge is 0.247 e. The van der Waals surface area contributed by atoms with Gasteiger partial charge in [0.25, 0.3) is 0 Å². The lowest BCUT2D eigenvalue weighted by Crippen LogP contribution is -2.45. The molecule has 0 radical (unpaired) electrons. The number of hydrogen-bond donors (Lipinski definition) is 1. The van der Waals surface area contributed by atoms with Crippen LogP contribution in [0.15, 0.2) is 56.5 Å².